The van der Waals surface area contributed by atoms with E-state index in [2.05, 4.69) is 0 Å². The molecule has 1 aromatic carbocycles. The predicted octanol–water partition coefficient (Wildman–Crippen LogP) is 2.90. The zero-order valence-electron chi connectivity index (χ0n) is 10.8. The maximum absolute atomic E-state index is 9.98. The molecule has 1 aliphatic rings. The topological polar surface area (TPSA) is 55.5 Å². The van der Waals surface area contributed by atoms with Gasteiger partial charge in [0.15, 0.2) is 0 Å². The van der Waals surface area contributed by atoms with Crippen LogP contribution in [0, 0.1) is 5.92 Å². The van der Waals surface area contributed by atoms with E-state index < -0.39 is 6.10 Å². The zero-order chi connectivity index (χ0) is 12.8. The van der Waals surface area contributed by atoms with Gasteiger partial charge in [-0.25, -0.2) is 0 Å². The Morgan fingerprint density at radius 3 is 2.50 bits per heavy atom. The maximum atomic E-state index is 9.98. The van der Waals surface area contributed by atoms with Gasteiger partial charge in [0.1, 0.15) is 6.10 Å². The standard InChI is InChI=1S/C15H23NO2/c16-14-8-6-13(7-9-14)15(17)11-18-10-12-4-2-1-3-5-12/h6-9,12,15,17H,1-5,10-11,16H2. The van der Waals surface area contributed by atoms with E-state index in [0.29, 0.717) is 18.2 Å². The van der Waals surface area contributed by atoms with Gasteiger partial charge in [-0.3, -0.25) is 0 Å². The monoisotopic (exact) mass is 249 g/mol. The Balaban J connectivity index is 1.70. The number of nitrogen functional groups attached to an aromatic ring is 1. The summed E-state index contributed by atoms with van der Waals surface area (Å²) in [6, 6.07) is 7.31. The van der Waals surface area contributed by atoms with Gasteiger partial charge in [0.2, 0.25) is 0 Å². The average molecular weight is 249 g/mol. The number of rotatable bonds is 5. The normalized spacial score (nSPS) is 18.7. The molecule has 0 amide bonds. The van der Waals surface area contributed by atoms with Crippen LogP contribution < -0.4 is 5.73 Å². The summed E-state index contributed by atoms with van der Waals surface area (Å²) in [5, 5.41) is 9.98. The highest BCUT2D eigenvalue weighted by molar-refractivity contribution is 5.39. The molecule has 0 saturated heterocycles. The third-order valence-electron chi connectivity index (χ3n) is 3.68. The van der Waals surface area contributed by atoms with Crippen molar-refractivity contribution in [3.63, 3.8) is 0 Å². The van der Waals surface area contributed by atoms with Crippen molar-refractivity contribution in [3.8, 4) is 0 Å². The summed E-state index contributed by atoms with van der Waals surface area (Å²) in [7, 11) is 0. The highest BCUT2D eigenvalue weighted by atomic mass is 16.5. The summed E-state index contributed by atoms with van der Waals surface area (Å²) >= 11 is 0. The molecule has 1 saturated carbocycles. The molecule has 2 rings (SSSR count). The summed E-state index contributed by atoms with van der Waals surface area (Å²) < 4.78 is 5.64. The van der Waals surface area contributed by atoms with Gasteiger partial charge in [-0.2, -0.15) is 0 Å². The Morgan fingerprint density at radius 2 is 1.83 bits per heavy atom. The molecule has 0 heterocycles. The summed E-state index contributed by atoms with van der Waals surface area (Å²) in [6.07, 6.45) is 6.03. The minimum Gasteiger partial charge on any atom is -0.399 e. The third kappa shape index (κ3) is 4.00. The fourth-order valence-corrected chi connectivity index (χ4v) is 2.51. The van der Waals surface area contributed by atoms with Crippen LogP contribution in [0.1, 0.15) is 43.8 Å². The lowest BCUT2D eigenvalue weighted by molar-refractivity contribution is 0.0146. The van der Waals surface area contributed by atoms with Gasteiger partial charge in [0.25, 0.3) is 0 Å². The van der Waals surface area contributed by atoms with Crippen LogP contribution in [0.5, 0.6) is 0 Å². The van der Waals surface area contributed by atoms with E-state index in [9.17, 15) is 5.11 Å². The van der Waals surface area contributed by atoms with Crippen molar-refractivity contribution in [3.05, 3.63) is 29.8 Å². The Labute approximate surface area is 109 Å². The van der Waals surface area contributed by atoms with Crippen LogP contribution in [0.3, 0.4) is 0 Å². The Morgan fingerprint density at radius 1 is 1.17 bits per heavy atom. The van der Waals surface area contributed by atoms with Crippen molar-refractivity contribution in [1.29, 1.82) is 0 Å². The number of benzene rings is 1. The van der Waals surface area contributed by atoms with Crippen LogP contribution in [-0.2, 0) is 4.74 Å². The molecule has 1 aliphatic carbocycles. The van der Waals surface area contributed by atoms with Crippen LogP contribution in [0.4, 0.5) is 5.69 Å². The van der Waals surface area contributed by atoms with Gasteiger partial charge in [-0.15, -0.1) is 0 Å². The molecule has 0 bridgehead atoms. The van der Waals surface area contributed by atoms with Crippen LogP contribution >= 0.6 is 0 Å². The Bertz CT molecular complexity index is 344. The molecule has 0 aliphatic heterocycles. The molecule has 3 N–H and O–H groups in total. The Hall–Kier alpha value is -1.06. The molecular formula is C15H23NO2. The number of hydrogen-bond acceptors (Lipinski definition) is 3. The Kier molecular flexibility index (Phi) is 5.02. The quantitative estimate of drug-likeness (QED) is 0.789. The van der Waals surface area contributed by atoms with E-state index in [1.165, 1.54) is 32.1 Å². The highest BCUT2D eigenvalue weighted by Gasteiger charge is 2.14. The van der Waals surface area contributed by atoms with E-state index in [4.69, 9.17) is 10.5 Å². The number of anilines is 1. The SMILES string of the molecule is Nc1ccc(C(O)COCC2CCCCC2)cc1. The molecule has 3 heteroatoms. The molecule has 100 valence electrons. The summed E-state index contributed by atoms with van der Waals surface area (Å²) in [5.41, 5.74) is 7.20. The van der Waals surface area contributed by atoms with Crippen molar-refractivity contribution in [2.75, 3.05) is 18.9 Å². The smallest absolute Gasteiger partial charge is 0.102 e. The fraction of sp³-hybridized carbons (Fsp3) is 0.600. The zero-order valence-corrected chi connectivity index (χ0v) is 10.8. The predicted molar refractivity (Wildman–Crippen MR) is 73.2 cm³/mol. The van der Waals surface area contributed by atoms with Gasteiger partial charge in [0, 0.05) is 12.3 Å². The molecule has 1 fully saturated rings. The van der Waals surface area contributed by atoms with E-state index in [1.54, 1.807) is 12.1 Å². The minimum absolute atomic E-state index is 0.375. The van der Waals surface area contributed by atoms with Crippen LogP contribution in [-0.4, -0.2) is 18.3 Å². The lowest BCUT2D eigenvalue weighted by Gasteiger charge is -2.22. The van der Waals surface area contributed by atoms with Crippen molar-refractivity contribution in [2.24, 2.45) is 5.92 Å². The van der Waals surface area contributed by atoms with Gasteiger partial charge in [0.05, 0.1) is 6.61 Å². The summed E-state index contributed by atoms with van der Waals surface area (Å²) in [6.45, 7) is 1.16. The number of hydrogen-bond donors (Lipinski definition) is 2. The molecule has 1 unspecified atom stereocenters. The van der Waals surface area contributed by atoms with Crippen LogP contribution in [0.2, 0.25) is 0 Å². The van der Waals surface area contributed by atoms with Gasteiger partial charge >= 0.3 is 0 Å². The molecule has 0 radical (unpaired) electrons. The second-order valence-corrected chi connectivity index (χ2v) is 5.22. The second kappa shape index (κ2) is 6.76. The number of ether oxygens (including phenoxy) is 1. The fourth-order valence-electron chi connectivity index (χ4n) is 2.51. The molecular weight excluding hydrogens is 226 g/mol. The third-order valence-corrected chi connectivity index (χ3v) is 3.68. The van der Waals surface area contributed by atoms with Crippen molar-refractivity contribution >= 4 is 5.69 Å². The molecule has 0 aromatic heterocycles. The molecule has 3 nitrogen and oxygen atoms in total. The second-order valence-electron chi connectivity index (χ2n) is 5.22. The molecule has 1 atom stereocenters. The first-order valence-electron chi connectivity index (χ1n) is 6.87. The highest BCUT2D eigenvalue weighted by Crippen LogP contribution is 2.24. The van der Waals surface area contributed by atoms with E-state index in [1.807, 2.05) is 12.1 Å². The van der Waals surface area contributed by atoms with Gasteiger partial charge in [-0.1, -0.05) is 31.4 Å². The molecule has 1 aromatic rings. The van der Waals surface area contributed by atoms with Crippen molar-refractivity contribution in [1.82, 2.24) is 0 Å². The van der Waals surface area contributed by atoms with E-state index in [-0.39, 0.29) is 0 Å². The van der Waals surface area contributed by atoms with Crippen LogP contribution in [0.25, 0.3) is 0 Å². The largest absolute Gasteiger partial charge is 0.399 e. The average Bonchev–Trinajstić information content (AvgIpc) is 2.40. The van der Waals surface area contributed by atoms with Gasteiger partial charge < -0.3 is 15.6 Å². The lowest BCUT2D eigenvalue weighted by Crippen LogP contribution is -2.16. The maximum Gasteiger partial charge on any atom is 0.102 e. The number of aliphatic hydroxyl groups excluding tert-OH is 1. The lowest BCUT2D eigenvalue weighted by atomic mass is 9.90. The minimum atomic E-state index is -0.547. The van der Waals surface area contributed by atoms with Crippen LogP contribution in [0.15, 0.2) is 24.3 Å². The van der Waals surface area contributed by atoms with Crippen molar-refractivity contribution in [2.45, 2.75) is 38.2 Å². The number of nitrogens with two attached hydrogens (primary N) is 1. The summed E-state index contributed by atoms with van der Waals surface area (Å²) in [5.74, 6) is 0.692. The van der Waals surface area contributed by atoms with Crippen molar-refractivity contribution < 1.29 is 9.84 Å². The molecule has 18 heavy (non-hydrogen) atoms. The first-order chi connectivity index (χ1) is 8.75. The number of aliphatic hydroxyl groups is 1. The van der Waals surface area contributed by atoms with E-state index >= 15 is 0 Å². The van der Waals surface area contributed by atoms with Gasteiger partial charge in [-0.05, 0) is 36.5 Å². The first kappa shape index (κ1) is 13.4. The van der Waals surface area contributed by atoms with E-state index in [0.717, 1.165) is 12.2 Å². The molecule has 0 spiro atoms. The summed E-state index contributed by atoms with van der Waals surface area (Å²) in [4.78, 5) is 0. The first-order valence-corrected chi connectivity index (χ1v) is 6.87.